The van der Waals surface area contributed by atoms with Crippen LogP contribution in [0, 0.1) is 5.82 Å². The second kappa shape index (κ2) is 8.78. The first-order valence-electron chi connectivity index (χ1n) is 8.68. The first kappa shape index (κ1) is 20.4. The fraction of sp³-hybridized carbons (Fsp3) is 0.278. The van der Waals surface area contributed by atoms with Gasteiger partial charge < -0.3 is 20.3 Å². The fourth-order valence-electron chi connectivity index (χ4n) is 2.76. The molecule has 0 saturated carbocycles. The molecule has 9 nitrogen and oxygen atoms in total. The molecule has 2 N–H and O–H groups in total. The number of nitrogens with one attached hydrogen (secondary N) is 2. The molecule has 0 radical (unpaired) electrons. The number of thiocarbonyl (C=S) groups is 1. The van der Waals surface area contributed by atoms with E-state index in [0.29, 0.717) is 17.3 Å². The van der Waals surface area contributed by atoms with Crippen molar-refractivity contribution < 1.29 is 18.7 Å². The lowest BCUT2D eigenvalue weighted by molar-refractivity contribution is 0.0987. The number of hydrogen-bond donors (Lipinski definition) is 2. The highest BCUT2D eigenvalue weighted by Gasteiger charge is 2.33. The van der Waals surface area contributed by atoms with Crippen LogP contribution in [0.5, 0.6) is 0 Å². The molecule has 1 fully saturated rings. The van der Waals surface area contributed by atoms with Gasteiger partial charge in [0.2, 0.25) is 0 Å². The maximum absolute atomic E-state index is 14.7. The predicted molar refractivity (Wildman–Crippen MR) is 108 cm³/mol. The summed E-state index contributed by atoms with van der Waals surface area (Å²) in [6, 6.07) is 4.16. The van der Waals surface area contributed by atoms with E-state index in [2.05, 4.69) is 20.6 Å². The first-order valence-corrected chi connectivity index (χ1v) is 9.09. The number of anilines is 2. The minimum absolute atomic E-state index is 0.0505. The molecule has 1 aromatic heterocycles. The Morgan fingerprint density at radius 1 is 1.45 bits per heavy atom. The maximum Gasteiger partial charge on any atom is 0.414 e. The highest BCUT2D eigenvalue weighted by atomic mass is 32.1. The van der Waals surface area contributed by atoms with Crippen molar-refractivity contribution in [3.05, 3.63) is 48.3 Å². The lowest BCUT2D eigenvalue weighted by Gasteiger charge is -2.19. The van der Waals surface area contributed by atoms with Gasteiger partial charge >= 0.3 is 6.09 Å². The summed E-state index contributed by atoms with van der Waals surface area (Å²) in [6.07, 6.45) is 3.12. The Balaban J connectivity index is 1.71. The van der Waals surface area contributed by atoms with E-state index < -0.39 is 23.9 Å². The SMILES string of the molecule is CNC(=S)NC[C@H]1CN(c2ccc(N(C)C(=O)c3cnccn3)c(F)c2)C(=O)O1. The monoisotopic (exact) mass is 418 g/mol. The van der Waals surface area contributed by atoms with Crippen LogP contribution in [0.3, 0.4) is 0 Å². The average molecular weight is 418 g/mol. The standard InChI is InChI=1S/C18H19FN6O3S/c1-20-17(29)23-8-12-10-25(18(27)28-12)11-3-4-15(13(19)7-11)24(2)16(26)14-9-21-5-6-22-14/h3-7,9,12H,8,10H2,1-2H3,(H2,20,23,29)/t12-/m0/s1. The van der Waals surface area contributed by atoms with Gasteiger partial charge in [-0.3, -0.25) is 14.7 Å². The molecular formula is C18H19FN6O3S. The Morgan fingerprint density at radius 2 is 2.24 bits per heavy atom. The lowest BCUT2D eigenvalue weighted by Crippen LogP contribution is -2.39. The molecule has 0 aliphatic carbocycles. The molecule has 11 heteroatoms. The van der Waals surface area contributed by atoms with Crippen LogP contribution in [-0.4, -0.2) is 60.4 Å². The van der Waals surface area contributed by atoms with Gasteiger partial charge in [-0.1, -0.05) is 0 Å². The molecule has 0 unspecified atom stereocenters. The number of rotatable bonds is 5. The first-order chi connectivity index (χ1) is 13.9. The molecule has 2 amide bonds. The zero-order valence-corrected chi connectivity index (χ0v) is 16.6. The van der Waals surface area contributed by atoms with E-state index in [4.69, 9.17) is 17.0 Å². The highest BCUT2D eigenvalue weighted by molar-refractivity contribution is 7.80. The molecule has 1 aromatic carbocycles. The maximum atomic E-state index is 14.7. The molecule has 29 heavy (non-hydrogen) atoms. The van der Waals surface area contributed by atoms with E-state index in [9.17, 15) is 14.0 Å². The topological polar surface area (TPSA) is 99.7 Å². The Hall–Kier alpha value is -3.34. The van der Waals surface area contributed by atoms with Crippen molar-refractivity contribution >= 4 is 40.7 Å². The number of aromatic nitrogens is 2. The fourth-order valence-corrected chi connectivity index (χ4v) is 2.84. The highest BCUT2D eigenvalue weighted by Crippen LogP contribution is 2.28. The molecule has 3 rings (SSSR count). The Labute approximate surface area is 171 Å². The third kappa shape index (κ3) is 4.57. The van der Waals surface area contributed by atoms with Crippen molar-refractivity contribution in [3.63, 3.8) is 0 Å². The van der Waals surface area contributed by atoms with Crippen LogP contribution in [0.2, 0.25) is 0 Å². The third-order valence-electron chi connectivity index (χ3n) is 4.28. The van der Waals surface area contributed by atoms with E-state index in [1.54, 1.807) is 13.1 Å². The number of amides is 2. The minimum atomic E-state index is -0.659. The summed E-state index contributed by atoms with van der Waals surface area (Å²) in [6.45, 7) is 0.573. The molecule has 0 bridgehead atoms. The number of halogens is 1. The number of carbonyl (C=O) groups is 2. The summed E-state index contributed by atoms with van der Waals surface area (Å²) < 4.78 is 20.0. The van der Waals surface area contributed by atoms with Crippen LogP contribution >= 0.6 is 12.2 Å². The van der Waals surface area contributed by atoms with Crippen molar-refractivity contribution in [2.75, 3.05) is 37.0 Å². The van der Waals surface area contributed by atoms with Crippen LogP contribution in [0.25, 0.3) is 0 Å². The van der Waals surface area contributed by atoms with Crippen LogP contribution in [-0.2, 0) is 4.74 Å². The van der Waals surface area contributed by atoms with Gasteiger partial charge in [0, 0.05) is 26.5 Å². The summed E-state index contributed by atoms with van der Waals surface area (Å²) in [5.74, 6) is -1.16. The van der Waals surface area contributed by atoms with E-state index >= 15 is 0 Å². The van der Waals surface area contributed by atoms with Crippen molar-refractivity contribution in [1.29, 1.82) is 0 Å². The number of ether oxygens (including phenoxy) is 1. The van der Waals surface area contributed by atoms with Gasteiger partial charge in [-0.25, -0.2) is 14.2 Å². The smallest absolute Gasteiger partial charge is 0.414 e. The molecule has 1 aliphatic heterocycles. The minimum Gasteiger partial charge on any atom is -0.442 e. The molecule has 1 aliphatic rings. The van der Waals surface area contributed by atoms with Gasteiger partial charge in [-0.05, 0) is 30.4 Å². The molecule has 152 valence electrons. The Kier molecular flexibility index (Phi) is 6.17. The van der Waals surface area contributed by atoms with E-state index in [-0.39, 0.29) is 17.9 Å². The normalized spacial score (nSPS) is 15.6. The average Bonchev–Trinajstić information content (AvgIpc) is 3.12. The zero-order chi connectivity index (χ0) is 21.0. The second-order valence-corrected chi connectivity index (χ2v) is 6.58. The molecular weight excluding hydrogens is 399 g/mol. The summed E-state index contributed by atoms with van der Waals surface area (Å²) >= 11 is 4.99. The number of nitrogens with zero attached hydrogens (tertiary/aromatic N) is 4. The van der Waals surface area contributed by atoms with Gasteiger partial charge in [-0.2, -0.15) is 0 Å². The van der Waals surface area contributed by atoms with Crippen LogP contribution in [0.4, 0.5) is 20.6 Å². The number of cyclic esters (lactones) is 1. The van der Waals surface area contributed by atoms with Crippen LogP contribution in [0.15, 0.2) is 36.8 Å². The molecule has 0 spiro atoms. The van der Waals surface area contributed by atoms with Crippen molar-refractivity contribution in [2.45, 2.75) is 6.10 Å². The number of hydrogen-bond acceptors (Lipinski definition) is 6. The van der Waals surface area contributed by atoms with E-state index in [0.717, 1.165) is 4.90 Å². The molecule has 2 aromatic rings. The van der Waals surface area contributed by atoms with E-state index in [1.807, 2.05) is 0 Å². The summed E-state index contributed by atoms with van der Waals surface area (Å²) in [5, 5.41) is 6.12. The van der Waals surface area contributed by atoms with Gasteiger partial charge in [0.15, 0.2) is 5.11 Å². The summed E-state index contributed by atoms with van der Waals surface area (Å²) in [5.41, 5.74) is 0.473. The largest absolute Gasteiger partial charge is 0.442 e. The van der Waals surface area contributed by atoms with Gasteiger partial charge in [0.05, 0.1) is 30.7 Å². The molecule has 1 atom stereocenters. The second-order valence-electron chi connectivity index (χ2n) is 6.17. The third-order valence-corrected chi connectivity index (χ3v) is 4.63. The molecule has 2 heterocycles. The molecule has 1 saturated heterocycles. The zero-order valence-electron chi connectivity index (χ0n) is 15.8. The van der Waals surface area contributed by atoms with Crippen LogP contribution < -0.4 is 20.4 Å². The van der Waals surface area contributed by atoms with Crippen molar-refractivity contribution in [3.8, 4) is 0 Å². The summed E-state index contributed by atoms with van der Waals surface area (Å²) in [4.78, 5) is 34.8. The number of carbonyl (C=O) groups excluding carboxylic acids is 2. The number of benzene rings is 1. The van der Waals surface area contributed by atoms with Crippen molar-refractivity contribution in [2.24, 2.45) is 0 Å². The Bertz CT molecular complexity index is 929. The van der Waals surface area contributed by atoms with Crippen LogP contribution in [0.1, 0.15) is 10.5 Å². The van der Waals surface area contributed by atoms with Gasteiger partial charge in [0.25, 0.3) is 5.91 Å². The van der Waals surface area contributed by atoms with Crippen molar-refractivity contribution in [1.82, 2.24) is 20.6 Å². The quantitative estimate of drug-likeness (QED) is 0.702. The Morgan fingerprint density at radius 3 is 2.90 bits per heavy atom. The predicted octanol–water partition coefficient (Wildman–Crippen LogP) is 1.31. The van der Waals surface area contributed by atoms with Gasteiger partial charge in [0.1, 0.15) is 17.6 Å². The van der Waals surface area contributed by atoms with E-state index in [1.165, 1.54) is 42.7 Å². The lowest BCUT2D eigenvalue weighted by atomic mass is 10.2. The van der Waals surface area contributed by atoms with Gasteiger partial charge in [-0.15, -0.1) is 0 Å². The summed E-state index contributed by atoms with van der Waals surface area (Å²) in [7, 11) is 3.12.